The van der Waals surface area contributed by atoms with Crippen molar-refractivity contribution in [2.75, 3.05) is 0 Å². The Morgan fingerprint density at radius 1 is 1.67 bits per heavy atom. The Hall–Kier alpha value is -1.89. The summed E-state index contributed by atoms with van der Waals surface area (Å²) in [6, 6.07) is 4.66. The van der Waals surface area contributed by atoms with Crippen molar-refractivity contribution >= 4 is 5.97 Å². The first kappa shape index (κ1) is 8.21. The summed E-state index contributed by atoms with van der Waals surface area (Å²) in [5.74, 6) is -1.13. The van der Waals surface area contributed by atoms with E-state index in [1.807, 2.05) is 0 Å². The van der Waals surface area contributed by atoms with Crippen LogP contribution in [0.2, 0.25) is 0 Å². The van der Waals surface area contributed by atoms with Gasteiger partial charge in [-0.15, -0.1) is 0 Å². The van der Waals surface area contributed by atoms with Crippen LogP contribution < -0.4 is 0 Å². The molecule has 0 aliphatic heterocycles. The monoisotopic (exact) mass is 162 g/mol. The van der Waals surface area contributed by atoms with E-state index in [1.165, 1.54) is 6.07 Å². The van der Waals surface area contributed by atoms with E-state index < -0.39 is 5.97 Å². The Morgan fingerprint density at radius 2 is 2.33 bits per heavy atom. The van der Waals surface area contributed by atoms with E-state index in [4.69, 9.17) is 10.4 Å². The Kier molecular flexibility index (Phi) is 2.06. The molecule has 0 saturated heterocycles. The van der Waals surface area contributed by atoms with Gasteiger partial charge in [0.05, 0.1) is 5.56 Å². The maximum Gasteiger partial charge on any atom is 0.338 e. The van der Waals surface area contributed by atoms with Gasteiger partial charge in [0.25, 0.3) is 0 Å². The number of aromatic nitrogens is 1. The second kappa shape index (κ2) is 3.01. The highest BCUT2D eigenvalue weighted by Gasteiger charge is 2.09. The van der Waals surface area contributed by atoms with Crippen molar-refractivity contribution in [3.63, 3.8) is 0 Å². The van der Waals surface area contributed by atoms with Gasteiger partial charge in [0, 0.05) is 5.69 Å². The number of nitriles is 1. The maximum absolute atomic E-state index is 10.5. The molecule has 1 N–H and O–H groups in total. The first-order valence-corrected chi connectivity index (χ1v) is 3.26. The second-order valence-corrected chi connectivity index (χ2v) is 2.27. The predicted octanol–water partition coefficient (Wildman–Crippen LogP) is 0.960. The van der Waals surface area contributed by atoms with E-state index in [-0.39, 0.29) is 11.3 Å². The van der Waals surface area contributed by atoms with Crippen LogP contribution in [-0.4, -0.2) is 16.1 Å². The van der Waals surface area contributed by atoms with Gasteiger partial charge in [0.2, 0.25) is 0 Å². The fourth-order valence-corrected chi connectivity index (χ4v) is 0.815. The molecule has 0 bridgehead atoms. The third kappa shape index (κ3) is 1.40. The molecule has 1 aromatic rings. The minimum atomic E-state index is -1.13. The van der Waals surface area contributed by atoms with Crippen molar-refractivity contribution in [1.29, 1.82) is 5.26 Å². The Balaban J connectivity index is 3.32. The van der Waals surface area contributed by atoms with Gasteiger partial charge in [-0.25, -0.2) is 9.78 Å². The summed E-state index contributed by atoms with van der Waals surface area (Å²) in [5.41, 5.74) is 0.544. The van der Waals surface area contributed by atoms with Crippen LogP contribution in [0.5, 0.6) is 0 Å². The largest absolute Gasteiger partial charge is 0.478 e. The summed E-state index contributed by atoms with van der Waals surface area (Å²) < 4.78 is 0. The standard InChI is InChI=1S/C8H6N2O2/c1-5-2-3-6(8(11)12)7(4-9)10-5/h2-3H,1H3,(H,11,12). The van der Waals surface area contributed by atoms with Crippen LogP contribution in [0.3, 0.4) is 0 Å². The molecule has 1 heterocycles. The van der Waals surface area contributed by atoms with E-state index in [2.05, 4.69) is 4.98 Å². The number of aryl methyl sites for hydroxylation is 1. The van der Waals surface area contributed by atoms with E-state index >= 15 is 0 Å². The number of pyridine rings is 1. The van der Waals surface area contributed by atoms with Gasteiger partial charge in [-0.1, -0.05) is 0 Å². The molecule has 0 amide bonds. The molecule has 0 spiro atoms. The molecular weight excluding hydrogens is 156 g/mol. The average molecular weight is 162 g/mol. The van der Waals surface area contributed by atoms with Gasteiger partial charge < -0.3 is 5.11 Å². The molecular formula is C8H6N2O2. The number of hydrogen-bond donors (Lipinski definition) is 1. The fraction of sp³-hybridized carbons (Fsp3) is 0.125. The molecule has 0 saturated carbocycles. The first-order chi connectivity index (χ1) is 5.65. The molecule has 0 unspecified atom stereocenters. The summed E-state index contributed by atoms with van der Waals surface area (Å²) in [6.07, 6.45) is 0. The molecule has 4 nitrogen and oxygen atoms in total. The Morgan fingerprint density at radius 3 is 2.83 bits per heavy atom. The quantitative estimate of drug-likeness (QED) is 0.667. The smallest absolute Gasteiger partial charge is 0.338 e. The fourth-order valence-electron chi connectivity index (χ4n) is 0.815. The van der Waals surface area contributed by atoms with Crippen LogP contribution in [0.4, 0.5) is 0 Å². The van der Waals surface area contributed by atoms with Crippen molar-refractivity contribution < 1.29 is 9.90 Å². The first-order valence-electron chi connectivity index (χ1n) is 3.26. The zero-order chi connectivity index (χ0) is 9.14. The number of nitrogens with zero attached hydrogens (tertiary/aromatic N) is 2. The molecule has 0 atom stereocenters. The summed E-state index contributed by atoms with van der Waals surface area (Å²) >= 11 is 0. The van der Waals surface area contributed by atoms with Crippen molar-refractivity contribution in [3.05, 3.63) is 29.1 Å². The van der Waals surface area contributed by atoms with Gasteiger partial charge in [-0.2, -0.15) is 5.26 Å². The summed E-state index contributed by atoms with van der Waals surface area (Å²) in [7, 11) is 0. The normalized spacial score (nSPS) is 9.00. The highest BCUT2D eigenvalue weighted by atomic mass is 16.4. The second-order valence-electron chi connectivity index (χ2n) is 2.27. The number of carboxylic acids is 1. The lowest BCUT2D eigenvalue weighted by molar-refractivity contribution is 0.0696. The number of carbonyl (C=O) groups is 1. The van der Waals surface area contributed by atoms with E-state index in [1.54, 1.807) is 19.1 Å². The Labute approximate surface area is 69.1 Å². The van der Waals surface area contributed by atoms with Crippen LogP contribution in [0.1, 0.15) is 21.7 Å². The van der Waals surface area contributed by atoms with E-state index in [0.717, 1.165) is 0 Å². The SMILES string of the molecule is Cc1ccc(C(=O)O)c(C#N)n1. The number of aromatic carboxylic acids is 1. The summed E-state index contributed by atoms with van der Waals surface area (Å²) in [6.45, 7) is 1.70. The van der Waals surface area contributed by atoms with Gasteiger partial charge in [-0.05, 0) is 19.1 Å². The van der Waals surface area contributed by atoms with Crippen molar-refractivity contribution in [1.82, 2.24) is 4.98 Å². The molecule has 0 radical (unpaired) electrons. The van der Waals surface area contributed by atoms with Crippen LogP contribution in [0, 0.1) is 18.3 Å². The van der Waals surface area contributed by atoms with Gasteiger partial charge in [-0.3, -0.25) is 0 Å². The molecule has 4 heteroatoms. The average Bonchev–Trinajstić information content (AvgIpc) is 2.03. The topological polar surface area (TPSA) is 74.0 Å². The minimum Gasteiger partial charge on any atom is -0.478 e. The maximum atomic E-state index is 10.5. The van der Waals surface area contributed by atoms with E-state index in [9.17, 15) is 4.79 Å². The van der Waals surface area contributed by atoms with Gasteiger partial charge in [0.1, 0.15) is 6.07 Å². The van der Waals surface area contributed by atoms with Crippen molar-refractivity contribution in [2.45, 2.75) is 6.92 Å². The highest BCUT2D eigenvalue weighted by Crippen LogP contribution is 2.05. The van der Waals surface area contributed by atoms with Gasteiger partial charge >= 0.3 is 5.97 Å². The third-order valence-electron chi connectivity index (χ3n) is 1.37. The number of hydrogen-bond acceptors (Lipinski definition) is 3. The molecule has 0 aliphatic carbocycles. The lowest BCUT2D eigenvalue weighted by Crippen LogP contribution is -2.02. The molecule has 1 rings (SSSR count). The summed E-state index contributed by atoms with van der Waals surface area (Å²) in [5, 5.41) is 17.1. The predicted molar refractivity (Wildman–Crippen MR) is 40.6 cm³/mol. The molecule has 0 aliphatic rings. The van der Waals surface area contributed by atoms with Crippen molar-refractivity contribution in [3.8, 4) is 6.07 Å². The molecule has 0 aromatic carbocycles. The lowest BCUT2D eigenvalue weighted by atomic mass is 10.2. The number of rotatable bonds is 1. The summed E-state index contributed by atoms with van der Waals surface area (Å²) in [4.78, 5) is 14.3. The van der Waals surface area contributed by atoms with Gasteiger partial charge in [0.15, 0.2) is 5.69 Å². The third-order valence-corrected chi connectivity index (χ3v) is 1.37. The molecule has 12 heavy (non-hydrogen) atoms. The molecule has 1 aromatic heterocycles. The van der Waals surface area contributed by atoms with Crippen LogP contribution >= 0.6 is 0 Å². The van der Waals surface area contributed by atoms with Crippen LogP contribution in [0.25, 0.3) is 0 Å². The van der Waals surface area contributed by atoms with E-state index in [0.29, 0.717) is 5.69 Å². The zero-order valence-electron chi connectivity index (χ0n) is 6.40. The van der Waals surface area contributed by atoms with Crippen molar-refractivity contribution in [2.24, 2.45) is 0 Å². The Bertz CT molecular complexity index is 366. The minimum absolute atomic E-state index is 0.0394. The zero-order valence-corrected chi connectivity index (χ0v) is 6.40. The highest BCUT2D eigenvalue weighted by molar-refractivity contribution is 5.89. The molecule has 60 valence electrons. The number of carboxylic acid groups (broad SMARTS) is 1. The van der Waals surface area contributed by atoms with Crippen LogP contribution in [-0.2, 0) is 0 Å². The van der Waals surface area contributed by atoms with Crippen LogP contribution in [0.15, 0.2) is 12.1 Å². The molecule has 0 fully saturated rings. The lowest BCUT2D eigenvalue weighted by Gasteiger charge is -1.97.